The zero-order valence-corrected chi connectivity index (χ0v) is 14.0. The average Bonchev–Trinajstić information content (AvgIpc) is 3.00. The molecule has 1 saturated heterocycles. The summed E-state index contributed by atoms with van der Waals surface area (Å²) in [7, 11) is 0. The molecule has 2 heterocycles. The van der Waals surface area contributed by atoms with Crippen molar-refractivity contribution in [3.05, 3.63) is 41.8 Å². The quantitative estimate of drug-likeness (QED) is 0.778. The van der Waals surface area contributed by atoms with Gasteiger partial charge in [0.15, 0.2) is 0 Å². The van der Waals surface area contributed by atoms with Crippen LogP contribution in [0.25, 0.3) is 0 Å². The highest BCUT2D eigenvalue weighted by Crippen LogP contribution is 2.17. The van der Waals surface area contributed by atoms with Gasteiger partial charge in [-0.25, -0.2) is 0 Å². The summed E-state index contributed by atoms with van der Waals surface area (Å²) in [6.07, 6.45) is 0. The number of piperazine rings is 1. The van der Waals surface area contributed by atoms with Gasteiger partial charge >= 0.3 is 0 Å². The van der Waals surface area contributed by atoms with Crippen molar-refractivity contribution >= 4 is 17.7 Å². The van der Waals surface area contributed by atoms with Crippen LogP contribution in [0.4, 0.5) is 0 Å². The third-order valence-corrected chi connectivity index (χ3v) is 4.60. The largest absolute Gasteiger partial charge is 0.416 e. The molecular weight excluding hydrogens is 312 g/mol. The predicted octanol–water partition coefficient (Wildman–Crippen LogP) is 1.81. The third kappa shape index (κ3) is 4.56. The number of aromatic nitrogens is 2. The van der Waals surface area contributed by atoms with Crippen LogP contribution in [0.5, 0.6) is 0 Å². The van der Waals surface area contributed by atoms with Gasteiger partial charge in [-0.1, -0.05) is 42.1 Å². The molecule has 122 valence electrons. The number of rotatable bonds is 5. The Morgan fingerprint density at radius 3 is 2.57 bits per heavy atom. The van der Waals surface area contributed by atoms with E-state index in [1.807, 2.05) is 11.0 Å². The van der Waals surface area contributed by atoms with Crippen molar-refractivity contribution in [1.82, 2.24) is 20.0 Å². The summed E-state index contributed by atoms with van der Waals surface area (Å²) in [5.74, 6) is 1.00. The van der Waals surface area contributed by atoms with Crippen LogP contribution in [-0.2, 0) is 11.3 Å². The fourth-order valence-electron chi connectivity index (χ4n) is 2.55. The normalized spacial score (nSPS) is 15.8. The van der Waals surface area contributed by atoms with Crippen LogP contribution in [0.3, 0.4) is 0 Å². The summed E-state index contributed by atoms with van der Waals surface area (Å²) in [5.41, 5.74) is 1.31. The second kappa shape index (κ2) is 7.61. The summed E-state index contributed by atoms with van der Waals surface area (Å²) in [4.78, 5) is 16.5. The molecule has 23 heavy (non-hydrogen) atoms. The first-order chi connectivity index (χ1) is 11.2. The van der Waals surface area contributed by atoms with Gasteiger partial charge in [-0.2, -0.15) is 0 Å². The van der Waals surface area contributed by atoms with Gasteiger partial charge in [0, 0.05) is 39.6 Å². The Morgan fingerprint density at radius 2 is 1.91 bits per heavy atom. The maximum atomic E-state index is 12.2. The number of carbonyl (C=O) groups is 1. The van der Waals surface area contributed by atoms with E-state index in [0.29, 0.717) is 16.9 Å². The molecule has 1 aliphatic heterocycles. The van der Waals surface area contributed by atoms with E-state index in [1.54, 1.807) is 6.92 Å². The molecule has 0 atom stereocenters. The van der Waals surface area contributed by atoms with E-state index in [1.165, 1.54) is 17.3 Å². The average molecular weight is 332 g/mol. The number of nitrogens with zero attached hydrogens (tertiary/aromatic N) is 4. The number of hydrogen-bond acceptors (Lipinski definition) is 6. The van der Waals surface area contributed by atoms with E-state index in [0.717, 1.165) is 32.7 Å². The molecule has 7 heteroatoms. The summed E-state index contributed by atoms with van der Waals surface area (Å²) in [5, 5.41) is 8.10. The SMILES string of the molecule is Cc1nnc(SCC(=O)N2CCN(Cc3ccccc3)CC2)o1. The molecule has 1 aromatic heterocycles. The Bertz CT molecular complexity index is 639. The van der Waals surface area contributed by atoms with Gasteiger partial charge in [0.1, 0.15) is 0 Å². The maximum Gasteiger partial charge on any atom is 0.277 e. The summed E-state index contributed by atoms with van der Waals surface area (Å²) < 4.78 is 5.27. The first-order valence-corrected chi connectivity index (χ1v) is 8.66. The summed E-state index contributed by atoms with van der Waals surface area (Å²) in [6.45, 7) is 6.05. The smallest absolute Gasteiger partial charge is 0.277 e. The minimum Gasteiger partial charge on any atom is -0.416 e. The van der Waals surface area contributed by atoms with Crippen LogP contribution in [0.15, 0.2) is 40.0 Å². The van der Waals surface area contributed by atoms with Crippen LogP contribution >= 0.6 is 11.8 Å². The fourth-order valence-corrected chi connectivity index (χ4v) is 3.26. The van der Waals surface area contributed by atoms with E-state index >= 15 is 0 Å². The fraction of sp³-hybridized carbons (Fsp3) is 0.438. The minimum atomic E-state index is 0.130. The highest BCUT2D eigenvalue weighted by molar-refractivity contribution is 7.99. The molecule has 0 bridgehead atoms. The van der Waals surface area contributed by atoms with Crippen LogP contribution < -0.4 is 0 Å². The predicted molar refractivity (Wildman–Crippen MR) is 88.1 cm³/mol. The van der Waals surface area contributed by atoms with Crippen molar-refractivity contribution in [2.75, 3.05) is 31.9 Å². The number of hydrogen-bond donors (Lipinski definition) is 0. The van der Waals surface area contributed by atoms with Gasteiger partial charge in [-0.3, -0.25) is 9.69 Å². The molecule has 0 spiro atoms. The zero-order chi connectivity index (χ0) is 16.1. The molecular formula is C16H20N4O2S. The lowest BCUT2D eigenvalue weighted by Crippen LogP contribution is -2.48. The van der Waals surface area contributed by atoms with Crippen LogP contribution in [0.1, 0.15) is 11.5 Å². The van der Waals surface area contributed by atoms with Gasteiger partial charge in [-0.05, 0) is 5.56 Å². The van der Waals surface area contributed by atoms with Crippen molar-refractivity contribution in [3.63, 3.8) is 0 Å². The molecule has 0 aliphatic carbocycles. The summed E-state index contributed by atoms with van der Waals surface area (Å²) in [6, 6.07) is 10.4. The molecule has 1 aliphatic rings. The van der Waals surface area contributed by atoms with Crippen molar-refractivity contribution in [2.24, 2.45) is 0 Å². The summed E-state index contributed by atoms with van der Waals surface area (Å²) >= 11 is 1.30. The molecule has 6 nitrogen and oxygen atoms in total. The van der Waals surface area contributed by atoms with E-state index in [4.69, 9.17) is 4.42 Å². The number of aryl methyl sites for hydroxylation is 1. The third-order valence-electron chi connectivity index (χ3n) is 3.80. The van der Waals surface area contributed by atoms with Crippen molar-refractivity contribution in [2.45, 2.75) is 18.7 Å². The number of thioether (sulfide) groups is 1. The number of amides is 1. The highest BCUT2D eigenvalue weighted by atomic mass is 32.2. The van der Waals surface area contributed by atoms with Gasteiger partial charge in [-0.15, -0.1) is 10.2 Å². The second-order valence-electron chi connectivity index (χ2n) is 5.52. The second-order valence-corrected chi connectivity index (χ2v) is 6.44. The first-order valence-electron chi connectivity index (χ1n) is 7.67. The molecule has 1 fully saturated rings. The number of carbonyl (C=O) groups excluding carboxylic acids is 1. The molecule has 3 rings (SSSR count). The lowest BCUT2D eigenvalue weighted by molar-refractivity contribution is -0.130. The van der Waals surface area contributed by atoms with Gasteiger partial charge in [0.05, 0.1) is 5.75 Å². The van der Waals surface area contributed by atoms with Gasteiger partial charge < -0.3 is 9.32 Å². The van der Waals surface area contributed by atoms with E-state index in [2.05, 4.69) is 39.4 Å². The molecule has 1 aromatic carbocycles. The Labute approximate surface area is 139 Å². The Balaban J connectivity index is 1.42. The topological polar surface area (TPSA) is 62.5 Å². The molecule has 0 N–H and O–H groups in total. The van der Waals surface area contributed by atoms with Crippen LogP contribution in [0, 0.1) is 6.92 Å². The first kappa shape index (κ1) is 16.0. The lowest BCUT2D eigenvalue weighted by atomic mass is 10.2. The van der Waals surface area contributed by atoms with Gasteiger partial charge in [0.2, 0.25) is 11.8 Å². The van der Waals surface area contributed by atoms with Crippen molar-refractivity contribution < 1.29 is 9.21 Å². The number of benzene rings is 1. The molecule has 1 amide bonds. The highest BCUT2D eigenvalue weighted by Gasteiger charge is 2.21. The Hall–Kier alpha value is -1.86. The van der Waals surface area contributed by atoms with Crippen molar-refractivity contribution in [3.8, 4) is 0 Å². The van der Waals surface area contributed by atoms with Crippen LogP contribution in [-0.4, -0.2) is 57.8 Å². The van der Waals surface area contributed by atoms with E-state index < -0.39 is 0 Å². The van der Waals surface area contributed by atoms with E-state index in [-0.39, 0.29) is 5.91 Å². The maximum absolute atomic E-state index is 12.2. The molecule has 0 saturated carbocycles. The molecule has 0 radical (unpaired) electrons. The van der Waals surface area contributed by atoms with Crippen molar-refractivity contribution in [1.29, 1.82) is 0 Å². The lowest BCUT2D eigenvalue weighted by Gasteiger charge is -2.34. The monoisotopic (exact) mass is 332 g/mol. The molecule has 0 unspecified atom stereocenters. The standard InChI is InChI=1S/C16H20N4O2S/c1-13-17-18-16(22-13)23-12-15(21)20-9-7-19(8-10-20)11-14-5-3-2-4-6-14/h2-6H,7-12H2,1H3. The van der Waals surface area contributed by atoms with E-state index in [9.17, 15) is 4.79 Å². The zero-order valence-electron chi connectivity index (χ0n) is 13.1. The van der Waals surface area contributed by atoms with Gasteiger partial charge in [0.25, 0.3) is 5.22 Å². The Morgan fingerprint density at radius 1 is 1.17 bits per heavy atom. The Kier molecular flexibility index (Phi) is 5.30. The minimum absolute atomic E-state index is 0.130. The van der Waals surface area contributed by atoms with Crippen LogP contribution in [0.2, 0.25) is 0 Å². The molecule has 2 aromatic rings.